The topological polar surface area (TPSA) is 48.3 Å². The molecular formula is C15H21N3O2. The highest BCUT2D eigenvalue weighted by Crippen LogP contribution is 2.29. The van der Waals surface area contributed by atoms with Crippen molar-refractivity contribution in [2.75, 3.05) is 19.5 Å². The highest BCUT2D eigenvalue weighted by Gasteiger charge is 2.06. The third kappa shape index (κ3) is 3.44. The summed E-state index contributed by atoms with van der Waals surface area (Å²) in [5, 5.41) is 7.83. The molecule has 0 aliphatic rings. The predicted molar refractivity (Wildman–Crippen MR) is 79.4 cm³/mol. The second-order valence-electron chi connectivity index (χ2n) is 4.49. The van der Waals surface area contributed by atoms with Gasteiger partial charge in [0.25, 0.3) is 0 Å². The monoisotopic (exact) mass is 275 g/mol. The van der Waals surface area contributed by atoms with E-state index in [9.17, 15) is 0 Å². The molecule has 0 unspecified atom stereocenters. The number of nitrogens with one attached hydrogen (secondary N) is 1. The van der Waals surface area contributed by atoms with Crippen molar-refractivity contribution in [3.05, 3.63) is 36.2 Å². The number of rotatable bonds is 7. The first-order valence-electron chi connectivity index (χ1n) is 6.75. The van der Waals surface area contributed by atoms with Crippen LogP contribution in [0.15, 0.2) is 30.5 Å². The van der Waals surface area contributed by atoms with Crippen molar-refractivity contribution in [3.63, 3.8) is 0 Å². The zero-order valence-corrected chi connectivity index (χ0v) is 12.2. The molecule has 1 aromatic carbocycles. The van der Waals surface area contributed by atoms with Crippen LogP contribution in [0, 0.1) is 0 Å². The summed E-state index contributed by atoms with van der Waals surface area (Å²) >= 11 is 0. The van der Waals surface area contributed by atoms with Gasteiger partial charge in [0.15, 0.2) is 0 Å². The van der Waals surface area contributed by atoms with Crippen LogP contribution in [-0.4, -0.2) is 24.0 Å². The standard InChI is InChI=1S/C15H21N3O2/c1-4-8-18-9-7-12(17-18)11-16-14-10-13(19-2)5-6-15(14)20-3/h5-7,9-10,16H,4,8,11H2,1-3H3. The Morgan fingerprint density at radius 1 is 1.20 bits per heavy atom. The lowest BCUT2D eigenvalue weighted by Gasteiger charge is -2.11. The van der Waals surface area contributed by atoms with Gasteiger partial charge in [-0.15, -0.1) is 0 Å². The Balaban J connectivity index is 2.05. The number of aryl methyl sites for hydroxylation is 1. The SMILES string of the molecule is CCCn1ccc(CNc2cc(OC)ccc2OC)n1. The molecule has 0 spiro atoms. The second kappa shape index (κ2) is 6.84. The van der Waals surface area contributed by atoms with Gasteiger partial charge < -0.3 is 14.8 Å². The van der Waals surface area contributed by atoms with Gasteiger partial charge in [0, 0.05) is 18.8 Å². The lowest BCUT2D eigenvalue weighted by Crippen LogP contribution is -2.04. The first kappa shape index (κ1) is 14.2. The van der Waals surface area contributed by atoms with Crippen LogP contribution in [0.5, 0.6) is 11.5 Å². The molecule has 5 nitrogen and oxygen atoms in total. The molecule has 1 N–H and O–H groups in total. The molecule has 0 aliphatic carbocycles. The summed E-state index contributed by atoms with van der Waals surface area (Å²) in [4.78, 5) is 0. The Bertz CT molecular complexity index is 552. The van der Waals surface area contributed by atoms with Gasteiger partial charge in [-0.1, -0.05) is 6.92 Å². The van der Waals surface area contributed by atoms with Gasteiger partial charge in [0.05, 0.1) is 32.1 Å². The molecule has 0 bridgehead atoms. The van der Waals surface area contributed by atoms with Crippen molar-refractivity contribution >= 4 is 5.69 Å². The molecule has 0 fully saturated rings. The lowest BCUT2D eigenvalue weighted by molar-refractivity contribution is 0.404. The fourth-order valence-electron chi connectivity index (χ4n) is 1.99. The molecule has 0 atom stereocenters. The number of aromatic nitrogens is 2. The zero-order valence-electron chi connectivity index (χ0n) is 12.2. The van der Waals surface area contributed by atoms with Gasteiger partial charge in [0.1, 0.15) is 11.5 Å². The molecule has 2 aromatic rings. The van der Waals surface area contributed by atoms with Gasteiger partial charge in [-0.2, -0.15) is 5.10 Å². The van der Waals surface area contributed by atoms with E-state index in [1.54, 1.807) is 14.2 Å². The van der Waals surface area contributed by atoms with Crippen LogP contribution in [0.25, 0.3) is 0 Å². The fourth-order valence-corrected chi connectivity index (χ4v) is 1.99. The largest absolute Gasteiger partial charge is 0.497 e. The van der Waals surface area contributed by atoms with Gasteiger partial charge in [-0.05, 0) is 24.6 Å². The maximum absolute atomic E-state index is 5.33. The minimum atomic E-state index is 0.653. The average molecular weight is 275 g/mol. The Labute approximate surface area is 119 Å². The number of anilines is 1. The molecule has 1 aromatic heterocycles. The molecule has 0 aliphatic heterocycles. The molecular weight excluding hydrogens is 254 g/mol. The molecule has 108 valence electrons. The van der Waals surface area contributed by atoms with Crippen molar-refractivity contribution in [2.24, 2.45) is 0 Å². The average Bonchev–Trinajstić information content (AvgIpc) is 2.93. The van der Waals surface area contributed by atoms with Gasteiger partial charge in [-0.3, -0.25) is 4.68 Å². The van der Waals surface area contributed by atoms with E-state index in [2.05, 4.69) is 17.3 Å². The van der Waals surface area contributed by atoms with Crippen molar-refractivity contribution in [1.82, 2.24) is 9.78 Å². The second-order valence-corrected chi connectivity index (χ2v) is 4.49. The van der Waals surface area contributed by atoms with Gasteiger partial charge in [-0.25, -0.2) is 0 Å². The van der Waals surface area contributed by atoms with E-state index < -0.39 is 0 Å². The third-order valence-corrected chi connectivity index (χ3v) is 3.02. The van der Waals surface area contributed by atoms with Crippen LogP contribution in [0.4, 0.5) is 5.69 Å². The number of hydrogen-bond acceptors (Lipinski definition) is 4. The van der Waals surface area contributed by atoms with E-state index in [-0.39, 0.29) is 0 Å². The quantitative estimate of drug-likeness (QED) is 0.844. The van der Waals surface area contributed by atoms with E-state index in [1.165, 1.54) is 0 Å². The van der Waals surface area contributed by atoms with Crippen molar-refractivity contribution < 1.29 is 9.47 Å². The molecule has 5 heteroatoms. The van der Waals surface area contributed by atoms with E-state index in [0.29, 0.717) is 6.54 Å². The van der Waals surface area contributed by atoms with Gasteiger partial charge >= 0.3 is 0 Å². The summed E-state index contributed by atoms with van der Waals surface area (Å²) in [6.45, 7) is 3.74. The highest BCUT2D eigenvalue weighted by atomic mass is 16.5. The number of ether oxygens (including phenoxy) is 2. The minimum Gasteiger partial charge on any atom is -0.497 e. The van der Waals surface area contributed by atoms with Crippen molar-refractivity contribution in [1.29, 1.82) is 0 Å². The Kier molecular flexibility index (Phi) is 4.87. The third-order valence-electron chi connectivity index (χ3n) is 3.02. The van der Waals surface area contributed by atoms with Crippen LogP contribution < -0.4 is 14.8 Å². The Morgan fingerprint density at radius 3 is 2.75 bits per heavy atom. The van der Waals surface area contributed by atoms with Crippen LogP contribution >= 0.6 is 0 Å². The number of nitrogens with zero attached hydrogens (tertiary/aromatic N) is 2. The summed E-state index contributed by atoms with van der Waals surface area (Å²) in [7, 11) is 3.31. The van der Waals surface area contributed by atoms with Crippen LogP contribution in [0.2, 0.25) is 0 Å². The summed E-state index contributed by atoms with van der Waals surface area (Å²) in [5.74, 6) is 1.59. The summed E-state index contributed by atoms with van der Waals surface area (Å²) in [6.07, 6.45) is 3.08. The normalized spacial score (nSPS) is 10.3. The molecule has 0 saturated heterocycles. The smallest absolute Gasteiger partial charge is 0.142 e. The summed E-state index contributed by atoms with van der Waals surface area (Å²) in [6, 6.07) is 7.70. The molecule has 0 amide bonds. The molecule has 0 saturated carbocycles. The van der Waals surface area contributed by atoms with E-state index >= 15 is 0 Å². The lowest BCUT2D eigenvalue weighted by atomic mass is 10.2. The van der Waals surface area contributed by atoms with E-state index in [0.717, 1.165) is 35.8 Å². The Hall–Kier alpha value is -2.17. The molecule has 1 heterocycles. The first-order valence-corrected chi connectivity index (χ1v) is 6.75. The van der Waals surface area contributed by atoms with Crippen LogP contribution in [0.1, 0.15) is 19.0 Å². The molecule has 20 heavy (non-hydrogen) atoms. The fraction of sp³-hybridized carbons (Fsp3) is 0.400. The summed E-state index contributed by atoms with van der Waals surface area (Å²) in [5.41, 5.74) is 1.90. The maximum atomic E-state index is 5.33. The Morgan fingerprint density at radius 2 is 2.05 bits per heavy atom. The number of benzene rings is 1. The highest BCUT2D eigenvalue weighted by molar-refractivity contribution is 5.59. The van der Waals surface area contributed by atoms with Crippen molar-refractivity contribution in [3.8, 4) is 11.5 Å². The minimum absolute atomic E-state index is 0.653. The number of hydrogen-bond donors (Lipinski definition) is 1. The van der Waals surface area contributed by atoms with Crippen molar-refractivity contribution in [2.45, 2.75) is 26.4 Å². The summed E-state index contributed by atoms with van der Waals surface area (Å²) < 4.78 is 12.5. The molecule has 0 radical (unpaired) electrons. The van der Waals surface area contributed by atoms with Crippen LogP contribution in [0.3, 0.4) is 0 Å². The van der Waals surface area contributed by atoms with E-state index in [1.807, 2.05) is 35.1 Å². The van der Waals surface area contributed by atoms with Crippen LogP contribution in [-0.2, 0) is 13.1 Å². The zero-order chi connectivity index (χ0) is 14.4. The number of methoxy groups -OCH3 is 2. The van der Waals surface area contributed by atoms with Gasteiger partial charge in [0.2, 0.25) is 0 Å². The van der Waals surface area contributed by atoms with E-state index in [4.69, 9.17) is 9.47 Å². The first-order chi connectivity index (χ1) is 9.76. The predicted octanol–water partition coefficient (Wildman–Crippen LogP) is 2.92. The molecule has 2 rings (SSSR count). The maximum Gasteiger partial charge on any atom is 0.142 e.